The Bertz CT molecular complexity index is 432. The molecule has 0 bridgehead atoms. The first kappa shape index (κ1) is 14.3. The molecule has 0 heterocycles. The topological polar surface area (TPSA) is 35.2 Å². The van der Waals surface area contributed by atoms with Crippen LogP contribution in [0, 0.1) is 17.0 Å². The van der Waals surface area contributed by atoms with Gasteiger partial charge in [-0.05, 0) is 18.3 Å². The van der Waals surface area contributed by atoms with Crippen molar-refractivity contribution in [1.29, 1.82) is 0 Å². The maximum absolute atomic E-state index is 14.1. The molecule has 2 nitrogen and oxygen atoms in total. The van der Waals surface area contributed by atoms with Crippen molar-refractivity contribution in [2.24, 2.45) is 11.1 Å². The van der Waals surface area contributed by atoms with Gasteiger partial charge in [-0.2, -0.15) is 0 Å². The van der Waals surface area contributed by atoms with Gasteiger partial charge in [-0.15, -0.1) is 0 Å². The zero-order valence-corrected chi connectivity index (χ0v) is 11.5. The Morgan fingerprint density at radius 2 is 1.68 bits per heavy atom. The summed E-state index contributed by atoms with van der Waals surface area (Å²) in [5.41, 5.74) is 5.94. The molecule has 1 aromatic carbocycles. The van der Waals surface area contributed by atoms with E-state index in [4.69, 9.17) is 10.5 Å². The first-order valence-electron chi connectivity index (χ1n) is 6.76. The number of methoxy groups -OCH3 is 1. The van der Waals surface area contributed by atoms with Gasteiger partial charge < -0.3 is 10.5 Å². The Labute approximate surface area is 112 Å². The lowest BCUT2D eigenvalue weighted by Crippen LogP contribution is -2.35. The van der Waals surface area contributed by atoms with Gasteiger partial charge in [-0.25, -0.2) is 8.78 Å². The molecule has 0 amide bonds. The van der Waals surface area contributed by atoms with E-state index in [2.05, 4.69) is 0 Å². The predicted molar refractivity (Wildman–Crippen MR) is 71.0 cm³/mol. The van der Waals surface area contributed by atoms with Crippen molar-refractivity contribution in [2.45, 2.75) is 45.1 Å². The van der Waals surface area contributed by atoms with Gasteiger partial charge in [0.2, 0.25) is 0 Å². The maximum atomic E-state index is 14.1. The summed E-state index contributed by atoms with van der Waals surface area (Å²) in [6, 6.07) is 1.79. The quantitative estimate of drug-likeness (QED) is 0.902. The van der Waals surface area contributed by atoms with Gasteiger partial charge in [-0.1, -0.05) is 26.2 Å². The molecular formula is C15H21F2NO. The summed E-state index contributed by atoms with van der Waals surface area (Å²) in [5.74, 6) is -1.05. The highest BCUT2D eigenvalue weighted by atomic mass is 19.1. The number of ether oxygens (including phenoxy) is 1. The molecule has 19 heavy (non-hydrogen) atoms. The number of hydrogen-bond acceptors (Lipinski definition) is 2. The van der Waals surface area contributed by atoms with E-state index in [1.54, 1.807) is 0 Å². The molecule has 1 aliphatic carbocycles. The summed E-state index contributed by atoms with van der Waals surface area (Å²) in [6.45, 7) is 2.03. The maximum Gasteiger partial charge on any atom is 0.134 e. The Hall–Kier alpha value is -1.16. The average molecular weight is 269 g/mol. The molecule has 1 saturated carbocycles. The lowest BCUT2D eigenvalue weighted by Gasteiger charge is -2.39. The van der Waals surface area contributed by atoms with Crippen LogP contribution in [0.4, 0.5) is 8.78 Å². The minimum Gasteiger partial charge on any atom is -0.497 e. The molecule has 0 aliphatic heterocycles. The highest BCUT2D eigenvalue weighted by molar-refractivity contribution is 5.33. The summed E-state index contributed by atoms with van der Waals surface area (Å²) in [6.07, 6.45) is 5.15. The minimum absolute atomic E-state index is 0.00907. The van der Waals surface area contributed by atoms with Gasteiger partial charge in [-0.3, -0.25) is 0 Å². The van der Waals surface area contributed by atoms with Crippen LogP contribution in [0.2, 0.25) is 0 Å². The number of halogens is 2. The van der Waals surface area contributed by atoms with Crippen LogP contribution in [0.1, 0.15) is 50.6 Å². The molecule has 1 fully saturated rings. The molecular weight excluding hydrogens is 248 g/mol. The van der Waals surface area contributed by atoms with E-state index < -0.39 is 17.7 Å². The van der Waals surface area contributed by atoms with Crippen LogP contribution >= 0.6 is 0 Å². The second-order valence-electron chi connectivity index (χ2n) is 5.70. The summed E-state index contributed by atoms with van der Waals surface area (Å²) < 4.78 is 33.0. The fourth-order valence-electron chi connectivity index (χ4n) is 2.99. The molecule has 2 rings (SSSR count). The molecule has 0 saturated heterocycles. The van der Waals surface area contributed by atoms with Crippen LogP contribution in [0.15, 0.2) is 12.1 Å². The third-order valence-electron chi connectivity index (χ3n) is 4.35. The molecule has 0 spiro atoms. The Morgan fingerprint density at radius 3 is 2.16 bits per heavy atom. The van der Waals surface area contributed by atoms with Crippen molar-refractivity contribution < 1.29 is 13.5 Å². The van der Waals surface area contributed by atoms with E-state index >= 15 is 0 Å². The first-order valence-corrected chi connectivity index (χ1v) is 6.76. The van der Waals surface area contributed by atoms with Crippen LogP contribution in [-0.4, -0.2) is 7.11 Å². The summed E-state index contributed by atoms with van der Waals surface area (Å²) in [4.78, 5) is 0. The standard InChI is InChI=1S/C15H21F2NO/c1-15(6-4-3-5-7-15)14(18)13-11(16)8-10(19-2)9-12(13)17/h8-9,14H,3-7,18H2,1-2H3. The number of rotatable bonds is 3. The summed E-state index contributed by atoms with van der Waals surface area (Å²) >= 11 is 0. The molecule has 4 heteroatoms. The molecule has 1 aliphatic rings. The second kappa shape index (κ2) is 5.45. The smallest absolute Gasteiger partial charge is 0.134 e. The Morgan fingerprint density at radius 1 is 1.16 bits per heavy atom. The molecule has 0 aromatic heterocycles. The molecule has 1 atom stereocenters. The second-order valence-corrected chi connectivity index (χ2v) is 5.70. The number of hydrogen-bond donors (Lipinski definition) is 1. The van der Waals surface area contributed by atoms with Crippen molar-refractivity contribution in [3.63, 3.8) is 0 Å². The minimum atomic E-state index is -0.615. The van der Waals surface area contributed by atoms with E-state index in [9.17, 15) is 8.78 Å². The van der Waals surface area contributed by atoms with Gasteiger partial charge in [0, 0.05) is 23.7 Å². The summed E-state index contributed by atoms with van der Waals surface area (Å²) in [7, 11) is 1.39. The highest BCUT2D eigenvalue weighted by Crippen LogP contribution is 2.45. The molecule has 0 radical (unpaired) electrons. The number of nitrogens with two attached hydrogens (primary N) is 1. The monoisotopic (exact) mass is 269 g/mol. The third kappa shape index (κ3) is 2.73. The average Bonchev–Trinajstić information content (AvgIpc) is 2.38. The molecule has 2 N–H and O–H groups in total. The predicted octanol–water partition coefficient (Wildman–Crippen LogP) is 3.94. The van der Waals surface area contributed by atoms with Gasteiger partial charge >= 0.3 is 0 Å². The molecule has 1 unspecified atom stereocenters. The number of benzene rings is 1. The van der Waals surface area contributed by atoms with E-state index in [1.165, 1.54) is 25.7 Å². The molecule has 1 aromatic rings. The van der Waals surface area contributed by atoms with Crippen LogP contribution in [0.5, 0.6) is 5.75 Å². The van der Waals surface area contributed by atoms with Crippen LogP contribution < -0.4 is 10.5 Å². The van der Waals surface area contributed by atoms with E-state index in [0.29, 0.717) is 0 Å². The van der Waals surface area contributed by atoms with E-state index in [0.717, 1.165) is 25.7 Å². The van der Waals surface area contributed by atoms with Gasteiger partial charge in [0.1, 0.15) is 17.4 Å². The van der Waals surface area contributed by atoms with E-state index in [-0.39, 0.29) is 16.7 Å². The largest absolute Gasteiger partial charge is 0.497 e. The zero-order valence-electron chi connectivity index (χ0n) is 11.5. The van der Waals surface area contributed by atoms with Gasteiger partial charge in [0.25, 0.3) is 0 Å². The lowest BCUT2D eigenvalue weighted by molar-refractivity contribution is 0.165. The van der Waals surface area contributed by atoms with Crippen LogP contribution in [0.3, 0.4) is 0 Å². The van der Waals surface area contributed by atoms with Crippen molar-refractivity contribution in [3.8, 4) is 5.75 Å². The lowest BCUT2D eigenvalue weighted by atomic mass is 9.69. The van der Waals surface area contributed by atoms with Gasteiger partial charge in [0.05, 0.1) is 7.11 Å². The SMILES string of the molecule is COc1cc(F)c(C(N)C2(C)CCCCC2)c(F)c1. The normalized spacial score (nSPS) is 20.1. The highest BCUT2D eigenvalue weighted by Gasteiger charge is 2.37. The van der Waals surface area contributed by atoms with E-state index in [1.807, 2.05) is 6.92 Å². The Kier molecular flexibility index (Phi) is 4.09. The van der Waals surface area contributed by atoms with Crippen molar-refractivity contribution in [2.75, 3.05) is 7.11 Å². The fourth-order valence-corrected chi connectivity index (χ4v) is 2.99. The van der Waals surface area contributed by atoms with Crippen LogP contribution in [0.25, 0.3) is 0 Å². The van der Waals surface area contributed by atoms with Crippen LogP contribution in [-0.2, 0) is 0 Å². The van der Waals surface area contributed by atoms with Crippen molar-refractivity contribution in [1.82, 2.24) is 0 Å². The molecule has 106 valence electrons. The zero-order chi connectivity index (χ0) is 14.0. The fraction of sp³-hybridized carbons (Fsp3) is 0.600. The Balaban J connectivity index is 2.35. The van der Waals surface area contributed by atoms with Crippen molar-refractivity contribution in [3.05, 3.63) is 29.3 Å². The third-order valence-corrected chi connectivity index (χ3v) is 4.35. The first-order chi connectivity index (χ1) is 8.98. The van der Waals surface area contributed by atoms with Gasteiger partial charge in [0.15, 0.2) is 0 Å². The van der Waals surface area contributed by atoms with Crippen molar-refractivity contribution >= 4 is 0 Å². The summed E-state index contributed by atoms with van der Waals surface area (Å²) in [5, 5.41) is 0.